The summed E-state index contributed by atoms with van der Waals surface area (Å²) in [5, 5.41) is 13.0. The fourth-order valence-corrected chi connectivity index (χ4v) is 2.64. The molecule has 2 rings (SSSR count). The zero-order valence-corrected chi connectivity index (χ0v) is 11.5. The van der Waals surface area contributed by atoms with Crippen LogP contribution in [0.5, 0.6) is 5.75 Å². The van der Waals surface area contributed by atoms with Gasteiger partial charge in [0.1, 0.15) is 0 Å². The lowest BCUT2D eigenvalue weighted by Gasteiger charge is -2.29. The van der Waals surface area contributed by atoms with Gasteiger partial charge in [-0.25, -0.2) is 4.39 Å². The van der Waals surface area contributed by atoms with E-state index in [2.05, 4.69) is 12.2 Å². The molecule has 4 heteroatoms. The lowest BCUT2D eigenvalue weighted by atomic mass is 9.92. The first-order chi connectivity index (χ1) is 9.10. The van der Waals surface area contributed by atoms with Gasteiger partial charge in [0.2, 0.25) is 0 Å². The maximum absolute atomic E-state index is 13.4. The fourth-order valence-electron chi connectivity index (χ4n) is 2.64. The Hall–Kier alpha value is -1.13. The van der Waals surface area contributed by atoms with Crippen LogP contribution in [0.15, 0.2) is 18.2 Å². The van der Waals surface area contributed by atoms with Gasteiger partial charge in [-0.15, -0.1) is 0 Å². The molecule has 2 N–H and O–H groups in total. The zero-order valence-electron chi connectivity index (χ0n) is 11.5. The number of hydrogen-bond acceptors (Lipinski definition) is 3. The van der Waals surface area contributed by atoms with Gasteiger partial charge in [0.25, 0.3) is 0 Å². The molecule has 19 heavy (non-hydrogen) atoms. The predicted molar refractivity (Wildman–Crippen MR) is 72.8 cm³/mol. The molecule has 0 radical (unpaired) electrons. The first kappa shape index (κ1) is 14.3. The van der Waals surface area contributed by atoms with E-state index in [1.165, 1.54) is 13.2 Å². The Bertz CT molecular complexity index is 417. The highest BCUT2D eigenvalue weighted by Gasteiger charge is 2.21. The second kappa shape index (κ2) is 6.35. The maximum Gasteiger partial charge on any atom is 0.165 e. The normalized spacial score (nSPS) is 25.1. The molecule has 3 nitrogen and oxygen atoms in total. The van der Waals surface area contributed by atoms with Crippen molar-refractivity contribution >= 4 is 0 Å². The second-order valence-electron chi connectivity index (χ2n) is 5.29. The molecule has 0 amide bonds. The van der Waals surface area contributed by atoms with Crippen molar-refractivity contribution in [2.45, 2.75) is 50.8 Å². The highest BCUT2D eigenvalue weighted by molar-refractivity contribution is 5.32. The number of rotatable bonds is 4. The molecule has 1 saturated carbocycles. The minimum Gasteiger partial charge on any atom is -0.494 e. The largest absolute Gasteiger partial charge is 0.494 e. The van der Waals surface area contributed by atoms with E-state index in [1.54, 1.807) is 12.1 Å². The third-order valence-electron chi connectivity index (χ3n) is 3.86. The summed E-state index contributed by atoms with van der Waals surface area (Å²) in [5.41, 5.74) is 1.02. The van der Waals surface area contributed by atoms with Crippen molar-refractivity contribution in [3.8, 4) is 5.75 Å². The topological polar surface area (TPSA) is 41.5 Å². The zero-order chi connectivity index (χ0) is 13.8. The number of nitrogens with one attached hydrogen (secondary N) is 1. The average molecular weight is 267 g/mol. The molecule has 1 aliphatic rings. The monoisotopic (exact) mass is 267 g/mol. The lowest BCUT2D eigenvalue weighted by Crippen LogP contribution is -2.36. The molecule has 0 heterocycles. The van der Waals surface area contributed by atoms with E-state index in [4.69, 9.17) is 4.74 Å². The Balaban J connectivity index is 1.97. The van der Waals surface area contributed by atoms with Gasteiger partial charge in [0.15, 0.2) is 11.6 Å². The number of hydrogen-bond donors (Lipinski definition) is 2. The third-order valence-corrected chi connectivity index (χ3v) is 3.86. The highest BCUT2D eigenvalue weighted by Crippen LogP contribution is 2.25. The van der Waals surface area contributed by atoms with Crippen molar-refractivity contribution in [2.75, 3.05) is 7.11 Å². The average Bonchev–Trinajstić information content (AvgIpc) is 2.42. The van der Waals surface area contributed by atoms with Crippen molar-refractivity contribution in [1.82, 2.24) is 5.32 Å². The van der Waals surface area contributed by atoms with Crippen molar-refractivity contribution in [3.05, 3.63) is 29.6 Å². The molecular weight excluding hydrogens is 245 g/mol. The standard InChI is InChI=1S/C15H22FNO2/c1-10(17-12-4-6-13(18)7-5-12)11-3-8-14(16)15(9-11)19-2/h3,8-10,12-13,17-18H,4-7H2,1-2H3. The number of methoxy groups -OCH3 is 1. The fraction of sp³-hybridized carbons (Fsp3) is 0.600. The van der Waals surface area contributed by atoms with Gasteiger partial charge in [0, 0.05) is 12.1 Å². The number of aliphatic hydroxyl groups is 1. The van der Waals surface area contributed by atoms with Crippen LogP contribution < -0.4 is 10.1 Å². The number of halogens is 1. The molecule has 1 fully saturated rings. The first-order valence-electron chi connectivity index (χ1n) is 6.87. The second-order valence-corrected chi connectivity index (χ2v) is 5.29. The molecule has 1 aromatic rings. The Morgan fingerprint density at radius 2 is 2.00 bits per heavy atom. The maximum atomic E-state index is 13.4. The number of benzene rings is 1. The van der Waals surface area contributed by atoms with Crippen LogP contribution in [0.2, 0.25) is 0 Å². The van der Waals surface area contributed by atoms with Gasteiger partial charge in [-0.1, -0.05) is 6.07 Å². The van der Waals surface area contributed by atoms with E-state index in [9.17, 15) is 9.50 Å². The molecule has 1 unspecified atom stereocenters. The van der Waals surface area contributed by atoms with Gasteiger partial charge in [-0.3, -0.25) is 0 Å². The summed E-state index contributed by atoms with van der Waals surface area (Å²) < 4.78 is 18.4. The molecule has 1 atom stereocenters. The Morgan fingerprint density at radius 1 is 1.32 bits per heavy atom. The van der Waals surface area contributed by atoms with E-state index in [0.717, 1.165) is 31.2 Å². The van der Waals surface area contributed by atoms with Gasteiger partial charge in [-0.2, -0.15) is 0 Å². The molecular formula is C15H22FNO2. The molecule has 0 bridgehead atoms. The number of aliphatic hydroxyl groups excluding tert-OH is 1. The summed E-state index contributed by atoms with van der Waals surface area (Å²) >= 11 is 0. The van der Waals surface area contributed by atoms with Crippen LogP contribution in [0.25, 0.3) is 0 Å². The van der Waals surface area contributed by atoms with Crippen molar-refractivity contribution in [1.29, 1.82) is 0 Å². The van der Waals surface area contributed by atoms with Crippen LogP contribution >= 0.6 is 0 Å². The summed E-state index contributed by atoms with van der Waals surface area (Å²) in [6, 6.07) is 5.54. The van der Waals surface area contributed by atoms with Gasteiger partial charge in [0.05, 0.1) is 13.2 Å². The summed E-state index contributed by atoms with van der Waals surface area (Å²) in [6.07, 6.45) is 3.56. The van der Waals surface area contributed by atoms with Crippen molar-refractivity contribution in [2.24, 2.45) is 0 Å². The molecule has 0 aromatic heterocycles. The third kappa shape index (κ3) is 3.67. The van der Waals surface area contributed by atoms with Crippen LogP contribution in [-0.4, -0.2) is 24.4 Å². The van der Waals surface area contributed by atoms with Gasteiger partial charge in [-0.05, 0) is 50.3 Å². The van der Waals surface area contributed by atoms with Crippen molar-refractivity contribution < 1.29 is 14.2 Å². The molecule has 1 aliphatic carbocycles. The Morgan fingerprint density at radius 3 is 2.63 bits per heavy atom. The van der Waals surface area contributed by atoms with Gasteiger partial charge < -0.3 is 15.2 Å². The van der Waals surface area contributed by atoms with E-state index < -0.39 is 0 Å². The van der Waals surface area contributed by atoms with E-state index in [1.807, 2.05) is 0 Å². The van der Waals surface area contributed by atoms with Crippen LogP contribution in [0.3, 0.4) is 0 Å². The minimum absolute atomic E-state index is 0.140. The van der Waals surface area contributed by atoms with Crippen LogP contribution in [0, 0.1) is 5.82 Å². The molecule has 0 aliphatic heterocycles. The van der Waals surface area contributed by atoms with Gasteiger partial charge >= 0.3 is 0 Å². The van der Waals surface area contributed by atoms with Crippen LogP contribution in [0.4, 0.5) is 4.39 Å². The van der Waals surface area contributed by atoms with E-state index in [0.29, 0.717) is 6.04 Å². The minimum atomic E-state index is -0.334. The lowest BCUT2D eigenvalue weighted by molar-refractivity contribution is 0.114. The molecule has 0 saturated heterocycles. The van der Waals surface area contributed by atoms with Crippen LogP contribution in [0.1, 0.15) is 44.2 Å². The molecule has 0 spiro atoms. The Labute approximate surface area is 113 Å². The number of ether oxygens (including phenoxy) is 1. The summed E-state index contributed by atoms with van der Waals surface area (Å²) in [5.74, 6) is -0.0514. The molecule has 106 valence electrons. The smallest absolute Gasteiger partial charge is 0.165 e. The van der Waals surface area contributed by atoms with Crippen LogP contribution in [-0.2, 0) is 0 Å². The molecule has 1 aromatic carbocycles. The summed E-state index contributed by atoms with van der Waals surface area (Å²) in [4.78, 5) is 0. The predicted octanol–water partition coefficient (Wildman–Crippen LogP) is 2.79. The Kier molecular flexibility index (Phi) is 4.77. The highest BCUT2D eigenvalue weighted by atomic mass is 19.1. The van der Waals surface area contributed by atoms with Crippen molar-refractivity contribution in [3.63, 3.8) is 0 Å². The summed E-state index contributed by atoms with van der Waals surface area (Å²) in [7, 11) is 1.48. The summed E-state index contributed by atoms with van der Waals surface area (Å²) in [6.45, 7) is 2.07. The quantitative estimate of drug-likeness (QED) is 0.881. The van der Waals surface area contributed by atoms with E-state index >= 15 is 0 Å². The first-order valence-corrected chi connectivity index (χ1v) is 6.87. The SMILES string of the molecule is COc1cc(C(C)NC2CCC(O)CC2)ccc1F. The van der Waals surface area contributed by atoms with E-state index in [-0.39, 0.29) is 23.7 Å².